The molecule has 144 valence electrons. The number of benzene rings is 1. The lowest BCUT2D eigenvalue weighted by Gasteiger charge is -2.31. The van der Waals surface area contributed by atoms with Crippen molar-refractivity contribution in [2.45, 2.75) is 24.7 Å². The zero-order chi connectivity index (χ0) is 18.8. The van der Waals surface area contributed by atoms with Gasteiger partial charge < -0.3 is 19.9 Å². The van der Waals surface area contributed by atoms with Crippen LogP contribution in [0.15, 0.2) is 29.2 Å². The van der Waals surface area contributed by atoms with E-state index in [-0.39, 0.29) is 11.8 Å². The number of carbonyl (C=O) groups excluding carboxylic acids is 2. The van der Waals surface area contributed by atoms with Crippen LogP contribution in [-0.4, -0.2) is 68.8 Å². The molecule has 0 saturated carbocycles. The minimum Gasteiger partial charge on any atom is -0.497 e. The summed E-state index contributed by atoms with van der Waals surface area (Å²) in [5.74, 6) is 1.54. The van der Waals surface area contributed by atoms with Crippen LogP contribution in [-0.2, 0) is 9.59 Å². The van der Waals surface area contributed by atoms with Crippen molar-refractivity contribution in [1.82, 2.24) is 10.2 Å². The van der Waals surface area contributed by atoms with E-state index in [1.807, 2.05) is 29.2 Å². The van der Waals surface area contributed by atoms with E-state index < -0.39 is 0 Å². The molecular weight excluding hydrogens is 350 g/mol. The van der Waals surface area contributed by atoms with Gasteiger partial charge in [-0.2, -0.15) is 0 Å². The third kappa shape index (κ3) is 6.88. The van der Waals surface area contributed by atoms with Crippen LogP contribution in [0.1, 0.15) is 19.8 Å². The average Bonchev–Trinajstić information content (AvgIpc) is 2.67. The molecule has 1 aliphatic heterocycles. The molecule has 1 aromatic carbocycles. The number of unbranched alkanes of at least 4 members (excludes halogenated alkanes) is 1. The molecule has 6 nitrogen and oxygen atoms in total. The van der Waals surface area contributed by atoms with E-state index in [4.69, 9.17) is 4.74 Å². The Morgan fingerprint density at radius 3 is 2.54 bits per heavy atom. The first-order chi connectivity index (χ1) is 12.6. The van der Waals surface area contributed by atoms with Gasteiger partial charge in [-0.25, -0.2) is 0 Å². The second-order valence-corrected chi connectivity index (χ2v) is 7.52. The smallest absolute Gasteiger partial charge is 0.275 e. The van der Waals surface area contributed by atoms with E-state index in [1.165, 1.54) is 4.90 Å². The molecule has 1 heterocycles. The second-order valence-electron chi connectivity index (χ2n) is 6.48. The van der Waals surface area contributed by atoms with Crippen molar-refractivity contribution in [2.24, 2.45) is 0 Å². The van der Waals surface area contributed by atoms with Gasteiger partial charge in [0.05, 0.1) is 39.0 Å². The topological polar surface area (TPSA) is 63.1 Å². The van der Waals surface area contributed by atoms with Crippen molar-refractivity contribution >= 4 is 23.6 Å². The molecule has 1 saturated heterocycles. The number of ether oxygens (including phenoxy) is 1. The van der Waals surface area contributed by atoms with Crippen molar-refractivity contribution in [3.63, 3.8) is 0 Å². The maximum atomic E-state index is 12.4. The Hall–Kier alpha value is -1.73. The van der Waals surface area contributed by atoms with E-state index in [2.05, 4.69) is 12.2 Å². The fourth-order valence-corrected chi connectivity index (χ4v) is 3.65. The van der Waals surface area contributed by atoms with Crippen molar-refractivity contribution in [2.75, 3.05) is 52.1 Å². The standard InChI is InChI=1S/C19H29N3O3S/c1-3-4-9-20-18(23)14-21-10-12-22(13-11-21)19(24)15-26-17-7-5-16(25-2)6-8-17/h5-8H,3-4,9-15H2,1-2H3,(H,20,23)/p+1. The van der Waals surface area contributed by atoms with Crippen LogP contribution >= 0.6 is 11.8 Å². The predicted molar refractivity (Wildman–Crippen MR) is 104 cm³/mol. The highest BCUT2D eigenvalue weighted by atomic mass is 32.2. The zero-order valence-electron chi connectivity index (χ0n) is 15.8. The number of amides is 2. The quantitative estimate of drug-likeness (QED) is 0.482. The number of thioether (sulfide) groups is 1. The van der Waals surface area contributed by atoms with Crippen molar-refractivity contribution in [3.05, 3.63) is 24.3 Å². The molecule has 0 atom stereocenters. The molecular formula is C19H30N3O3S+. The third-order valence-electron chi connectivity index (χ3n) is 4.51. The number of methoxy groups -OCH3 is 1. The van der Waals surface area contributed by atoms with Gasteiger partial charge in [-0.3, -0.25) is 9.59 Å². The molecule has 0 aromatic heterocycles. The average molecular weight is 381 g/mol. The SMILES string of the molecule is CCCCNC(=O)C[NH+]1CCN(C(=O)CSc2ccc(OC)cc2)CC1. The largest absolute Gasteiger partial charge is 0.497 e. The summed E-state index contributed by atoms with van der Waals surface area (Å²) < 4.78 is 5.14. The number of piperazine rings is 1. The minimum atomic E-state index is 0.114. The lowest BCUT2D eigenvalue weighted by atomic mass is 10.3. The molecule has 0 radical (unpaired) electrons. The molecule has 1 aromatic rings. The summed E-state index contributed by atoms with van der Waals surface area (Å²) in [6, 6.07) is 7.74. The third-order valence-corrected chi connectivity index (χ3v) is 5.50. The van der Waals surface area contributed by atoms with Crippen LogP contribution in [0.5, 0.6) is 5.75 Å². The Labute approximate surface area is 160 Å². The highest BCUT2D eigenvalue weighted by Crippen LogP contribution is 2.21. The van der Waals surface area contributed by atoms with Crippen molar-refractivity contribution < 1.29 is 19.2 Å². The molecule has 2 amide bonds. The van der Waals surface area contributed by atoms with Gasteiger partial charge in [0.1, 0.15) is 5.75 Å². The summed E-state index contributed by atoms with van der Waals surface area (Å²) in [4.78, 5) is 28.5. The number of rotatable bonds is 9. The van der Waals surface area contributed by atoms with E-state index in [9.17, 15) is 9.59 Å². The first-order valence-electron chi connectivity index (χ1n) is 9.27. The summed E-state index contributed by atoms with van der Waals surface area (Å²) in [6.45, 7) is 6.49. The second kappa shape index (κ2) is 11.1. The van der Waals surface area contributed by atoms with Crippen LogP contribution in [0.2, 0.25) is 0 Å². The van der Waals surface area contributed by atoms with Crippen LogP contribution in [0.4, 0.5) is 0 Å². The Bertz CT molecular complexity index is 572. The van der Waals surface area contributed by atoms with Crippen LogP contribution in [0.3, 0.4) is 0 Å². The lowest BCUT2D eigenvalue weighted by Crippen LogP contribution is -3.15. The van der Waals surface area contributed by atoms with Crippen LogP contribution in [0.25, 0.3) is 0 Å². The molecule has 26 heavy (non-hydrogen) atoms. The Morgan fingerprint density at radius 1 is 1.23 bits per heavy atom. The number of nitrogens with zero attached hydrogens (tertiary/aromatic N) is 1. The maximum absolute atomic E-state index is 12.4. The highest BCUT2D eigenvalue weighted by Gasteiger charge is 2.24. The Kier molecular flexibility index (Phi) is 8.77. The monoisotopic (exact) mass is 380 g/mol. The fourth-order valence-electron chi connectivity index (χ4n) is 2.85. The lowest BCUT2D eigenvalue weighted by molar-refractivity contribution is -0.896. The molecule has 0 unspecified atom stereocenters. The number of quaternary nitrogens is 1. The van der Waals surface area contributed by atoms with Gasteiger partial charge in [0.15, 0.2) is 6.54 Å². The van der Waals surface area contributed by atoms with E-state index in [0.29, 0.717) is 12.3 Å². The van der Waals surface area contributed by atoms with Gasteiger partial charge in [-0.05, 0) is 30.7 Å². The van der Waals surface area contributed by atoms with Gasteiger partial charge in [0.2, 0.25) is 5.91 Å². The molecule has 0 spiro atoms. The van der Waals surface area contributed by atoms with E-state index in [1.54, 1.807) is 18.9 Å². The first kappa shape index (κ1) is 20.6. The summed E-state index contributed by atoms with van der Waals surface area (Å²) in [7, 11) is 1.64. The molecule has 2 N–H and O–H groups in total. The Morgan fingerprint density at radius 2 is 1.92 bits per heavy atom. The molecule has 2 rings (SSSR count). The van der Waals surface area contributed by atoms with Crippen molar-refractivity contribution in [1.29, 1.82) is 0 Å². The molecule has 1 aliphatic rings. The summed E-state index contributed by atoms with van der Waals surface area (Å²) in [6.07, 6.45) is 2.11. The van der Waals surface area contributed by atoms with Gasteiger partial charge in [0, 0.05) is 11.4 Å². The molecule has 0 aliphatic carbocycles. The molecule has 0 bridgehead atoms. The minimum absolute atomic E-state index is 0.114. The summed E-state index contributed by atoms with van der Waals surface area (Å²) in [5.41, 5.74) is 0. The molecule has 7 heteroatoms. The van der Waals surface area contributed by atoms with Gasteiger partial charge in [0.25, 0.3) is 5.91 Å². The van der Waals surface area contributed by atoms with Crippen LogP contribution in [0, 0.1) is 0 Å². The van der Waals surface area contributed by atoms with Crippen molar-refractivity contribution in [3.8, 4) is 5.75 Å². The van der Waals surface area contributed by atoms with Crippen LogP contribution < -0.4 is 15.0 Å². The van der Waals surface area contributed by atoms with Gasteiger partial charge >= 0.3 is 0 Å². The van der Waals surface area contributed by atoms with Gasteiger partial charge in [-0.1, -0.05) is 13.3 Å². The fraction of sp³-hybridized carbons (Fsp3) is 0.579. The normalized spacial score (nSPS) is 14.9. The molecule has 1 fully saturated rings. The highest BCUT2D eigenvalue weighted by molar-refractivity contribution is 8.00. The number of hydrogen-bond donors (Lipinski definition) is 2. The first-order valence-corrected chi connectivity index (χ1v) is 10.3. The van der Waals surface area contributed by atoms with E-state index >= 15 is 0 Å². The Balaban J connectivity index is 1.66. The summed E-state index contributed by atoms with van der Waals surface area (Å²) in [5, 5.41) is 2.96. The summed E-state index contributed by atoms with van der Waals surface area (Å²) >= 11 is 1.55. The number of carbonyl (C=O) groups is 2. The predicted octanol–water partition coefficient (Wildman–Crippen LogP) is 0.431. The number of hydrogen-bond acceptors (Lipinski definition) is 4. The maximum Gasteiger partial charge on any atom is 0.275 e. The van der Waals surface area contributed by atoms with E-state index in [0.717, 1.165) is 56.2 Å². The van der Waals surface area contributed by atoms with Gasteiger partial charge in [-0.15, -0.1) is 11.8 Å². The zero-order valence-corrected chi connectivity index (χ0v) is 16.6. The number of nitrogens with one attached hydrogen (secondary N) is 2.